The number of aryl methyl sites for hydroxylation is 1. The first-order chi connectivity index (χ1) is 7.06. The normalized spacial score (nSPS) is 20.2. The Kier molecular flexibility index (Phi) is 3.03. The van der Waals surface area contributed by atoms with E-state index in [2.05, 4.69) is 12.1 Å². The van der Waals surface area contributed by atoms with Crippen molar-refractivity contribution in [2.75, 3.05) is 5.75 Å². The van der Waals surface area contributed by atoms with Crippen LogP contribution >= 0.6 is 10.7 Å². The maximum absolute atomic E-state index is 10.9. The zero-order valence-corrected chi connectivity index (χ0v) is 9.89. The monoisotopic (exact) mass is 244 g/mol. The lowest BCUT2D eigenvalue weighted by Crippen LogP contribution is -2.03. The molecule has 1 aromatic carbocycles. The zero-order chi connectivity index (χ0) is 10.9. The van der Waals surface area contributed by atoms with Crippen LogP contribution in [0, 0.1) is 0 Å². The lowest BCUT2D eigenvalue weighted by atomic mass is 9.99. The maximum atomic E-state index is 10.9. The van der Waals surface area contributed by atoms with Crippen LogP contribution in [0.4, 0.5) is 0 Å². The molecule has 15 heavy (non-hydrogen) atoms. The Bertz CT molecular complexity index is 453. The summed E-state index contributed by atoms with van der Waals surface area (Å²) >= 11 is 0. The third kappa shape index (κ3) is 2.73. The summed E-state index contributed by atoms with van der Waals surface area (Å²) in [7, 11) is 1.87. The molecule has 0 saturated carbocycles. The fourth-order valence-corrected chi connectivity index (χ4v) is 3.06. The van der Waals surface area contributed by atoms with Gasteiger partial charge in [-0.15, -0.1) is 0 Å². The topological polar surface area (TPSA) is 34.1 Å². The van der Waals surface area contributed by atoms with Gasteiger partial charge in [0.05, 0.1) is 5.75 Å². The third-order valence-corrected chi connectivity index (χ3v) is 4.15. The van der Waals surface area contributed by atoms with Crippen molar-refractivity contribution in [3.63, 3.8) is 0 Å². The van der Waals surface area contributed by atoms with Crippen molar-refractivity contribution in [2.24, 2.45) is 0 Å². The van der Waals surface area contributed by atoms with Crippen LogP contribution < -0.4 is 0 Å². The van der Waals surface area contributed by atoms with E-state index in [1.54, 1.807) is 0 Å². The highest BCUT2D eigenvalue weighted by molar-refractivity contribution is 8.13. The quantitative estimate of drug-likeness (QED) is 0.767. The molecular weight excluding hydrogens is 232 g/mol. The van der Waals surface area contributed by atoms with Crippen LogP contribution in [-0.4, -0.2) is 14.2 Å². The van der Waals surface area contributed by atoms with E-state index in [1.807, 2.05) is 12.1 Å². The van der Waals surface area contributed by atoms with E-state index >= 15 is 0 Å². The highest BCUT2D eigenvalue weighted by atomic mass is 35.7. The first kappa shape index (κ1) is 11.0. The smallest absolute Gasteiger partial charge is 0.212 e. The molecule has 1 unspecified atom stereocenters. The number of fused-ring (bicyclic) bond motifs is 1. The van der Waals surface area contributed by atoms with Gasteiger partial charge >= 0.3 is 0 Å². The Morgan fingerprint density at radius 1 is 1.33 bits per heavy atom. The molecule has 0 spiro atoms. The van der Waals surface area contributed by atoms with Gasteiger partial charge in [0, 0.05) is 10.7 Å². The maximum Gasteiger partial charge on any atom is 0.232 e. The summed E-state index contributed by atoms with van der Waals surface area (Å²) in [5, 5.41) is 0. The molecule has 82 valence electrons. The van der Waals surface area contributed by atoms with Gasteiger partial charge in [-0.05, 0) is 36.3 Å². The third-order valence-electron chi connectivity index (χ3n) is 2.97. The lowest BCUT2D eigenvalue weighted by Gasteiger charge is -2.09. The molecule has 0 N–H and O–H groups in total. The van der Waals surface area contributed by atoms with Crippen LogP contribution in [-0.2, 0) is 15.5 Å². The summed E-state index contributed by atoms with van der Waals surface area (Å²) in [6, 6.07) is 8.24. The number of rotatable bonds is 3. The van der Waals surface area contributed by atoms with Crippen LogP contribution in [0.3, 0.4) is 0 Å². The van der Waals surface area contributed by atoms with Crippen LogP contribution in [0.2, 0.25) is 0 Å². The molecule has 0 fully saturated rings. The summed E-state index contributed by atoms with van der Waals surface area (Å²) in [4.78, 5) is 0. The molecular formula is C11H13ClO2S. The molecule has 1 aliphatic rings. The van der Waals surface area contributed by atoms with Gasteiger partial charge in [0.25, 0.3) is 0 Å². The van der Waals surface area contributed by atoms with E-state index < -0.39 is 9.05 Å². The molecule has 0 amide bonds. The second-order valence-corrected chi connectivity index (χ2v) is 6.86. The molecule has 0 aromatic heterocycles. The minimum Gasteiger partial charge on any atom is -0.212 e. The highest BCUT2D eigenvalue weighted by Gasteiger charge is 2.23. The van der Waals surface area contributed by atoms with Gasteiger partial charge in [0.1, 0.15) is 0 Å². The van der Waals surface area contributed by atoms with Crippen LogP contribution in [0.1, 0.15) is 29.9 Å². The summed E-state index contributed by atoms with van der Waals surface area (Å²) in [6.07, 6.45) is 2.75. The van der Waals surface area contributed by atoms with Gasteiger partial charge < -0.3 is 0 Å². The summed E-state index contributed by atoms with van der Waals surface area (Å²) in [5.41, 5.74) is 2.66. The predicted octanol–water partition coefficient (Wildman–Crippen LogP) is 2.68. The first-order valence-electron chi connectivity index (χ1n) is 5.06. The van der Waals surface area contributed by atoms with E-state index in [0.717, 1.165) is 12.8 Å². The standard InChI is InChI=1S/C11H13ClO2S/c12-15(13,14)8-7-10-6-5-9-3-1-2-4-11(9)10/h1-4,10H,5-8H2. The number of halogens is 1. The van der Waals surface area contributed by atoms with Gasteiger partial charge in [0.15, 0.2) is 0 Å². The van der Waals surface area contributed by atoms with Crippen molar-refractivity contribution >= 4 is 19.7 Å². The molecule has 1 aromatic rings. The van der Waals surface area contributed by atoms with Gasteiger partial charge in [-0.25, -0.2) is 8.42 Å². The average Bonchev–Trinajstić information content (AvgIpc) is 2.57. The van der Waals surface area contributed by atoms with E-state index in [0.29, 0.717) is 12.3 Å². The van der Waals surface area contributed by atoms with Crippen molar-refractivity contribution in [1.29, 1.82) is 0 Å². The molecule has 0 bridgehead atoms. The minimum absolute atomic E-state index is 0.0769. The zero-order valence-electron chi connectivity index (χ0n) is 8.32. The van der Waals surface area contributed by atoms with Crippen molar-refractivity contribution in [3.05, 3.63) is 35.4 Å². The fourth-order valence-electron chi connectivity index (χ4n) is 2.23. The number of hydrogen-bond donors (Lipinski definition) is 0. The van der Waals surface area contributed by atoms with E-state index in [1.165, 1.54) is 11.1 Å². The Morgan fingerprint density at radius 3 is 2.80 bits per heavy atom. The molecule has 1 aliphatic carbocycles. The molecule has 0 heterocycles. The van der Waals surface area contributed by atoms with Gasteiger partial charge in [-0.1, -0.05) is 24.3 Å². The SMILES string of the molecule is O=S(=O)(Cl)CCC1CCc2ccccc21. The van der Waals surface area contributed by atoms with Gasteiger partial charge in [-0.3, -0.25) is 0 Å². The summed E-state index contributed by atoms with van der Waals surface area (Å²) in [6.45, 7) is 0. The van der Waals surface area contributed by atoms with Crippen molar-refractivity contribution < 1.29 is 8.42 Å². The van der Waals surface area contributed by atoms with Gasteiger partial charge in [-0.2, -0.15) is 0 Å². The van der Waals surface area contributed by atoms with Crippen molar-refractivity contribution in [3.8, 4) is 0 Å². The minimum atomic E-state index is -3.34. The number of hydrogen-bond acceptors (Lipinski definition) is 2. The van der Waals surface area contributed by atoms with Crippen molar-refractivity contribution in [1.82, 2.24) is 0 Å². The molecule has 4 heteroatoms. The van der Waals surface area contributed by atoms with Crippen molar-refractivity contribution in [2.45, 2.75) is 25.2 Å². The summed E-state index contributed by atoms with van der Waals surface area (Å²) in [5.74, 6) is 0.447. The van der Waals surface area contributed by atoms with E-state index in [-0.39, 0.29) is 5.75 Å². The fraction of sp³-hybridized carbons (Fsp3) is 0.455. The Labute approximate surface area is 94.7 Å². The molecule has 2 nitrogen and oxygen atoms in total. The summed E-state index contributed by atoms with van der Waals surface area (Å²) < 4.78 is 21.7. The van der Waals surface area contributed by atoms with Crippen LogP contribution in [0.5, 0.6) is 0 Å². The average molecular weight is 245 g/mol. The molecule has 2 rings (SSSR count). The number of benzene rings is 1. The van der Waals surface area contributed by atoms with Gasteiger partial charge in [0.2, 0.25) is 9.05 Å². The Morgan fingerprint density at radius 2 is 2.07 bits per heavy atom. The lowest BCUT2D eigenvalue weighted by molar-refractivity contribution is 0.595. The van der Waals surface area contributed by atoms with E-state index in [9.17, 15) is 8.42 Å². The Hall–Kier alpha value is -0.540. The molecule has 1 atom stereocenters. The molecule has 0 aliphatic heterocycles. The second kappa shape index (κ2) is 4.14. The molecule has 0 saturated heterocycles. The Balaban J connectivity index is 2.08. The van der Waals surface area contributed by atoms with Crippen LogP contribution in [0.15, 0.2) is 24.3 Å². The van der Waals surface area contributed by atoms with E-state index in [4.69, 9.17) is 10.7 Å². The molecule has 0 radical (unpaired) electrons. The van der Waals surface area contributed by atoms with Crippen LogP contribution in [0.25, 0.3) is 0 Å². The first-order valence-corrected chi connectivity index (χ1v) is 7.54. The largest absolute Gasteiger partial charge is 0.232 e. The second-order valence-electron chi connectivity index (χ2n) is 3.97. The predicted molar refractivity (Wildman–Crippen MR) is 61.8 cm³/mol. The highest BCUT2D eigenvalue weighted by Crippen LogP contribution is 2.35.